The van der Waals surface area contributed by atoms with E-state index in [0.717, 1.165) is 22.5 Å². The summed E-state index contributed by atoms with van der Waals surface area (Å²) in [7, 11) is 0. The second-order valence-corrected chi connectivity index (χ2v) is 5.53. The van der Waals surface area contributed by atoms with Gasteiger partial charge in [-0.3, -0.25) is 4.98 Å². The molecule has 1 aliphatic carbocycles. The molecule has 0 saturated heterocycles. The van der Waals surface area contributed by atoms with E-state index in [2.05, 4.69) is 20.9 Å². The molecule has 1 saturated carbocycles. The summed E-state index contributed by atoms with van der Waals surface area (Å²) in [6.45, 7) is 1.22. The molecule has 1 aliphatic rings. The molecule has 0 amide bonds. The highest BCUT2D eigenvalue weighted by atomic mass is 79.9. The molecule has 17 heavy (non-hydrogen) atoms. The zero-order valence-electron chi connectivity index (χ0n) is 9.99. The van der Waals surface area contributed by atoms with Crippen LogP contribution in [0.15, 0.2) is 16.7 Å². The van der Waals surface area contributed by atoms with Crippen LogP contribution in [0, 0.1) is 5.92 Å². The summed E-state index contributed by atoms with van der Waals surface area (Å²) in [6, 6.07) is 1.96. The second kappa shape index (κ2) is 6.36. The van der Waals surface area contributed by atoms with Crippen molar-refractivity contribution in [3.63, 3.8) is 0 Å². The Morgan fingerprint density at radius 1 is 1.35 bits per heavy atom. The Labute approximate surface area is 111 Å². The summed E-state index contributed by atoms with van der Waals surface area (Å²) in [5.41, 5.74) is 6.49. The van der Waals surface area contributed by atoms with Crippen molar-refractivity contribution in [1.82, 2.24) is 4.98 Å². The molecule has 1 heterocycles. The van der Waals surface area contributed by atoms with E-state index in [4.69, 9.17) is 10.5 Å². The Hall–Kier alpha value is -0.610. The van der Waals surface area contributed by atoms with Gasteiger partial charge in [0.2, 0.25) is 0 Å². The lowest BCUT2D eigenvalue weighted by molar-refractivity contribution is 0.206. The fourth-order valence-corrected chi connectivity index (χ4v) is 2.60. The lowest BCUT2D eigenvalue weighted by Gasteiger charge is -2.22. The fourth-order valence-electron chi connectivity index (χ4n) is 2.29. The number of hydrogen-bond donors (Lipinski definition) is 1. The Morgan fingerprint density at radius 2 is 2.12 bits per heavy atom. The minimum atomic E-state index is 0.424. The number of nitrogens with zero attached hydrogens (tertiary/aromatic N) is 1. The highest BCUT2D eigenvalue weighted by Crippen LogP contribution is 2.26. The van der Waals surface area contributed by atoms with Crippen LogP contribution in [-0.2, 0) is 6.54 Å². The SMILES string of the molecule is NCc1ncc(Br)cc1OCC1CCCCC1. The smallest absolute Gasteiger partial charge is 0.143 e. The minimum Gasteiger partial charge on any atom is -0.491 e. The van der Waals surface area contributed by atoms with E-state index in [1.807, 2.05) is 6.07 Å². The van der Waals surface area contributed by atoms with Crippen LogP contribution in [-0.4, -0.2) is 11.6 Å². The van der Waals surface area contributed by atoms with E-state index in [9.17, 15) is 0 Å². The Kier molecular flexibility index (Phi) is 4.80. The largest absolute Gasteiger partial charge is 0.491 e. The Balaban J connectivity index is 1.95. The molecule has 0 aromatic carbocycles. The van der Waals surface area contributed by atoms with Crippen LogP contribution < -0.4 is 10.5 Å². The molecule has 0 unspecified atom stereocenters. The van der Waals surface area contributed by atoms with Gasteiger partial charge < -0.3 is 10.5 Å². The molecule has 0 bridgehead atoms. The third-order valence-electron chi connectivity index (χ3n) is 3.29. The van der Waals surface area contributed by atoms with Gasteiger partial charge in [-0.25, -0.2) is 0 Å². The van der Waals surface area contributed by atoms with E-state index >= 15 is 0 Å². The quantitative estimate of drug-likeness (QED) is 0.928. The molecule has 4 heteroatoms. The lowest BCUT2D eigenvalue weighted by atomic mass is 9.90. The van der Waals surface area contributed by atoms with Crippen molar-refractivity contribution in [2.75, 3.05) is 6.61 Å². The van der Waals surface area contributed by atoms with Gasteiger partial charge in [0.1, 0.15) is 5.75 Å². The van der Waals surface area contributed by atoms with Crippen LogP contribution in [0.5, 0.6) is 5.75 Å². The first-order valence-electron chi connectivity index (χ1n) is 6.27. The molecule has 1 fully saturated rings. The van der Waals surface area contributed by atoms with Crippen molar-refractivity contribution >= 4 is 15.9 Å². The number of ether oxygens (including phenoxy) is 1. The molecular weight excluding hydrogens is 280 g/mol. The van der Waals surface area contributed by atoms with Gasteiger partial charge in [-0.15, -0.1) is 0 Å². The maximum atomic E-state index is 5.88. The first kappa shape index (κ1) is 12.8. The van der Waals surface area contributed by atoms with E-state index in [1.54, 1.807) is 6.20 Å². The van der Waals surface area contributed by atoms with Crippen LogP contribution in [0.2, 0.25) is 0 Å². The summed E-state index contributed by atoms with van der Waals surface area (Å²) in [6.07, 6.45) is 8.40. The molecule has 1 aromatic rings. The van der Waals surface area contributed by atoms with Crippen molar-refractivity contribution in [3.8, 4) is 5.75 Å². The van der Waals surface area contributed by atoms with Gasteiger partial charge in [0, 0.05) is 17.2 Å². The van der Waals surface area contributed by atoms with Gasteiger partial charge >= 0.3 is 0 Å². The summed E-state index contributed by atoms with van der Waals surface area (Å²) < 4.78 is 6.81. The number of hydrogen-bond acceptors (Lipinski definition) is 3. The molecule has 0 spiro atoms. The lowest BCUT2D eigenvalue weighted by Crippen LogP contribution is -2.16. The summed E-state index contributed by atoms with van der Waals surface area (Å²) in [4.78, 5) is 4.26. The van der Waals surface area contributed by atoms with Crippen LogP contribution >= 0.6 is 15.9 Å². The van der Waals surface area contributed by atoms with E-state index in [-0.39, 0.29) is 0 Å². The molecule has 94 valence electrons. The zero-order chi connectivity index (χ0) is 12.1. The summed E-state index contributed by atoms with van der Waals surface area (Å²) >= 11 is 3.41. The highest BCUT2D eigenvalue weighted by molar-refractivity contribution is 9.10. The monoisotopic (exact) mass is 298 g/mol. The van der Waals surface area contributed by atoms with Crippen LogP contribution in [0.1, 0.15) is 37.8 Å². The minimum absolute atomic E-state index is 0.424. The molecule has 1 aromatic heterocycles. The first-order valence-corrected chi connectivity index (χ1v) is 7.06. The Bertz CT molecular complexity index is 364. The second-order valence-electron chi connectivity index (χ2n) is 4.62. The van der Waals surface area contributed by atoms with Gasteiger partial charge in [0.25, 0.3) is 0 Å². The molecule has 0 atom stereocenters. The summed E-state index contributed by atoms with van der Waals surface area (Å²) in [5, 5.41) is 0. The standard InChI is InChI=1S/C13H19BrN2O/c14-11-6-13(12(7-15)16-8-11)17-9-10-4-2-1-3-5-10/h6,8,10H,1-5,7,9,15H2. The van der Waals surface area contributed by atoms with Gasteiger partial charge in [0.15, 0.2) is 0 Å². The number of nitrogens with two attached hydrogens (primary N) is 1. The van der Waals surface area contributed by atoms with E-state index in [0.29, 0.717) is 12.5 Å². The maximum absolute atomic E-state index is 5.88. The van der Waals surface area contributed by atoms with E-state index < -0.39 is 0 Å². The average molecular weight is 299 g/mol. The average Bonchev–Trinajstić information content (AvgIpc) is 2.38. The van der Waals surface area contributed by atoms with Gasteiger partial charge in [-0.05, 0) is 40.8 Å². The third kappa shape index (κ3) is 3.68. The summed E-state index contributed by atoms with van der Waals surface area (Å²) in [5.74, 6) is 1.53. The van der Waals surface area contributed by atoms with E-state index in [1.165, 1.54) is 32.1 Å². The van der Waals surface area contributed by atoms with Crippen molar-refractivity contribution in [3.05, 3.63) is 22.4 Å². The van der Waals surface area contributed by atoms with Crippen molar-refractivity contribution < 1.29 is 4.74 Å². The normalized spacial score (nSPS) is 17.1. The number of rotatable bonds is 4. The highest BCUT2D eigenvalue weighted by Gasteiger charge is 2.15. The predicted octanol–water partition coefficient (Wildman–Crippen LogP) is 3.26. The number of halogens is 1. The Morgan fingerprint density at radius 3 is 2.82 bits per heavy atom. The van der Waals surface area contributed by atoms with Gasteiger partial charge in [-0.2, -0.15) is 0 Å². The van der Waals surface area contributed by atoms with Gasteiger partial charge in [-0.1, -0.05) is 19.3 Å². The molecule has 2 N–H and O–H groups in total. The predicted molar refractivity (Wildman–Crippen MR) is 71.9 cm³/mol. The van der Waals surface area contributed by atoms with Crippen LogP contribution in [0.25, 0.3) is 0 Å². The maximum Gasteiger partial charge on any atom is 0.143 e. The fraction of sp³-hybridized carbons (Fsp3) is 0.615. The van der Waals surface area contributed by atoms with Crippen LogP contribution in [0.3, 0.4) is 0 Å². The topological polar surface area (TPSA) is 48.1 Å². The van der Waals surface area contributed by atoms with Gasteiger partial charge in [0.05, 0.1) is 12.3 Å². The van der Waals surface area contributed by atoms with Crippen molar-refractivity contribution in [1.29, 1.82) is 0 Å². The molecular formula is C13H19BrN2O. The number of pyridine rings is 1. The third-order valence-corrected chi connectivity index (χ3v) is 3.72. The van der Waals surface area contributed by atoms with Crippen LogP contribution in [0.4, 0.5) is 0 Å². The number of aromatic nitrogens is 1. The molecule has 2 rings (SSSR count). The molecule has 0 aliphatic heterocycles. The molecule has 0 radical (unpaired) electrons. The zero-order valence-corrected chi connectivity index (χ0v) is 11.6. The first-order chi connectivity index (χ1) is 8.29. The van der Waals surface area contributed by atoms with Crippen molar-refractivity contribution in [2.45, 2.75) is 38.6 Å². The molecule has 3 nitrogen and oxygen atoms in total. The van der Waals surface area contributed by atoms with Crippen molar-refractivity contribution in [2.24, 2.45) is 11.7 Å².